The van der Waals surface area contributed by atoms with Gasteiger partial charge in [-0.15, -0.1) is 0 Å². The highest BCUT2D eigenvalue weighted by atomic mass is 79.9. The van der Waals surface area contributed by atoms with Gasteiger partial charge in [-0.1, -0.05) is 51.3 Å². The summed E-state index contributed by atoms with van der Waals surface area (Å²) in [7, 11) is 0. The minimum atomic E-state index is -0.715. The number of rotatable bonds is 3. The Kier molecular flexibility index (Phi) is 4.85. The second kappa shape index (κ2) is 6.23. The van der Waals surface area contributed by atoms with Gasteiger partial charge in [0.1, 0.15) is 5.82 Å². The molecule has 0 bridgehead atoms. The van der Waals surface area contributed by atoms with Gasteiger partial charge < -0.3 is 5.11 Å². The van der Waals surface area contributed by atoms with E-state index < -0.39 is 11.9 Å². The van der Waals surface area contributed by atoms with Crippen LogP contribution in [0.2, 0.25) is 10.0 Å². The molecule has 0 aliphatic heterocycles. The molecule has 100 valence electrons. The van der Waals surface area contributed by atoms with Gasteiger partial charge >= 0.3 is 0 Å². The zero-order valence-electron chi connectivity index (χ0n) is 9.71. The fourth-order valence-electron chi connectivity index (χ4n) is 1.77. The Morgan fingerprint density at radius 3 is 2.53 bits per heavy atom. The molecule has 0 aromatic heterocycles. The lowest BCUT2D eigenvalue weighted by atomic mass is 10.0. The Morgan fingerprint density at radius 1 is 1.16 bits per heavy atom. The van der Waals surface area contributed by atoms with E-state index in [1.165, 1.54) is 12.1 Å². The minimum Gasteiger partial charge on any atom is -0.388 e. The maximum atomic E-state index is 13.1. The Morgan fingerprint density at radius 2 is 1.89 bits per heavy atom. The Bertz CT molecular complexity index is 604. The molecule has 0 aliphatic carbocycles. The smallest absolute Gasteiger partial charge is 0.141 e. The predicted molar refractivity (Wildman–Crippen MR) is 79.2 cm³/mol. The molecule has 2 rings (SSSR count). The van der Waals surface area contributed by atoms with Gasteiger partial charge in [0, 0.05) is 15.9 Å². The molecule has 1 atom stereocenters. The third-order valence-electron chi connectivity index (χ3n) is 2.73. The molecule has 0 radical (unpaired) electrons. The van der Waals surface area contributed by atoms with E-state index in [0.29, 0.717) is 11.4 Å². The van der Waals surface area contributed by atoms with Crippen LogP contribution in [0, 0.1) is 5.82 Å². The lowest BCUT2D eigenvalue weighted by Gasteiger charge is -2.13. The van der Waals surface area contributed by atoms with Gasteiger partial charge in [0.05, 0.1) is 11.1 Å². The molecule has 5 heteroatoms. The van der Waals surface area contributed by atoms with Crippen molar-refractivity contribution < 1.29 is 9.50 Å². The number of halogens is 4. The molecule has 0 saturated heterocycles. The molecule has 0 spiro atoms. The van der Waals surface area contributed by atoms with Crippen LogP contribution in [-0.4, -0.2) is 5.11 Å². The maximum absolute atomic E-state index is 13.1. The van der Waals surface area contributed by atoms with Crippen LogP contribution >= 0.6 is 39.1 Å². The molecular weight excluding hydrogens is 354 g/mol. The summed E-state index contributed by atoms with van der Waals surface area (Å²) in [4.78, 5) is 0. The highest BCUT2D eigenvalue weighted by Gasteiger charge is 2.13. The van der Waals surface area contributed by atoms with E-state index in [1.54, 1.807) is 24.3 Å². The molecule has 19 heavy (non-hydrogen) atoms. The van der Waals surface area contributed by atoms with Crippen LogP contribution in [-0.2, 0) is 6.42 Å². The van der Waals surface area contributed by atoms with Gasteiger partial charge in [-0.3, -0.25) is 0 Å². The van der Waals surface area contributed by atoms with E-state index in [2.05, 4.69) is 15.9 Å². The lowest BCUT2D eigenvalue weighted by molar-refractivity contribution is 0.177. The summed E-state index contributed by atoms with van der Waals surface area (Å²) in [6.45, 7) is 0. The van der Waals surface area contributed by atoms with Crippen molar-refractivity contribution in [3.8, 4) is 0 Å². The molecule has 1 unspecified atom stereocenters. The van der Waals surface area contributed by atoms with Crippen LogP contribution in [0.25, 0.3) is 0 Å². The van der Waals surface area contributed by atoms with Gasteiger partial charge in [-0.05, 0) is 35.4 Å². The third kappa shape index (κ3) is 3.69. The van der Waals surface area contributed by atoms with E-state index in [0.717, 1.165) is 15.6 Å². The Balaban J connectivity index is 2.20. The third-order valence-corrected chi connectivity index (χ3v) is 3.95. The van der Waals surface area contributed by atoms with E-state index in [1.807, 2.05) is 0 Å². The van der Waals surface area contributed by atoms with Crippen LogP contribution in [0.4, 0.5) is 4.39 Å². The van der Waals surface area contributed by atoms with Gasteiger partial charge in [-0.25, -0.2) is 4.39 Å². The average molecular weight is 364 g/mol. The van der Waals surface area contributed by atoms with E-state index in [-0.39, 0.29) is 5.02 Å². The van der Waals surface area contributed by atoms with Crippen LogP contribution in [0.15, 0.2) is 40.9 Å². The highest BCUT2D eigenvalue weighted by molar-refractivity contribution is 9.10. The van der Waals surface area contributed by atoms with Crippen LogP contribution in [0.1, 0.15) is 17.2 Å². The molecule has 1 nitrogen and oxygen atoms in total. The van der Waals surface area contributed by atoms with Gasteiger partial charge in [0.2, 0.25) is 0 Å². The summed E-state index contributed by atoms with van der Waals surface area (Å²) in [5.74, 6) is -0.465. The van der Waals surface area contributed by atoms with Gasteiger partial charge in [0.25, 0.3) is 0 Å². The summed E-state index contributed by atoms with van der Waals surface area (Å²) in [6, 6.07) is 9.60. The molecule has 2 aromatic carbocycles. The minimum absolute atomic E-state index is 0.0554. The Labute approximate surface area is 129 Å². The number of hydrogen-bond donors (Lipinski definition) is 1. The number of aliphatic hydroxyl groups excluding tert-OH is 1. The van der Waals surface area contributed by atoms with Crippen molar-refractivity contribution in [1.29, 1.82) is 0 Å². The Hall–Kier alpha value is -0.610. The highest BCUT2D eigenvalue weighted by Crippen LogP contribution is 2.29. The van der Waals surface area contributed by atoms with Crippen LogP contribution in [0.5, 0.6) is 0 Å². The van der Waals surface area contributed by atoms with Crippen molar-refractivity contribution in [3.05, 3.63) is 67.9 Å². The SMILES string of the molecule is OC(Cc1ccc(F)c(Cl)c1)c1ccc(Cl)cc1Br. The zero-order chi connectivity index (χ0) is 14.0. The normalized spacial score (nSPS) is 12.5. The second-order valence-corrected chi connectivity index (χ2v) is 5.83. The fraction of sp³-hybridized carbons (Fsp3) is 0.143. The first-order valence-electron chi connectivity index (χ1n) is 5.54. The van der Waals surface area contributed by atoms with Gasteiger partial charge in [-0.2, -0.15) is 0 Å². The van der Waals surface area contributed by atoms with E-state index in [9.17, 15) is 9.50 Å². The number of hydrogen-bond acceptors (Lipinski definition) is 1. The molecule has 1 N–H and O–H groups in total. The van der Waals surface area contributed by atoms with Crippen molar-refractivity contribution >= 4 is 39.1 Å². The summed E-state index contributed by atoms with van der Waals surface area (Å²) >= 11 is 14.9. The van der Waals surface area contributed by atoms with Crippen molar-refractivity contribution in [1.82, 2.24) is 0 Å². The summed E-state index contributed by atoms with van der Waals surface area (Å²) in [6.07, 6.45) is -0.367. The monoisotopic (exact) mass is 362 g/mol. The maximum Gasteiger partial charge on any atom is 0.141 e. The van der Waals surface area contributed by atoms with Crippen molar-refractivity contribution in [2.75, 3.05) is 0 Å². The fourth-order valence-corrected chi connectivity index (χ4v) is 2.92. The van der Waals surface area contributed by atoms with Crippen molar-refractivity contribution in [3.63, 3.8) is 0 Å². The van der Waals surface area contributed by atoms with Crippen molar-refractivity contribution in [2.24, 2.45) is 0 Å². The number of benzene rings is 2. The summed E-state index contributed by atoms with van der Waals surface area (Å²) in [5.41, 5.74) is 1.49. The molecule has 0 saturated carbocycles. The first-order valence-corrected chi connectivity index (χ1v) is 7.09. The van der Waals surface area contributed by atoms with E-state index >= 15 is 0 Å². The van der Waals surface area contributed by atoms with Crippen molar-refractivity contribution in [2.45, 2.75) is 12.5 Å². The topological polar surface area (TPSA) is 20.2 Å². The quantitative estimate of drug-likeness (QED) is 0.797. The molecule has 0 heterocycles. The molecular formula is C14H10BrCl2FO. The zero-order valence-corrected chi connectivity index (χ0v) is 12.8. The standard InChI is InChI=1S/C14H10BrCl2FO/c15-11-7-9(16)2-3-10(11)14(19)6-8-1-4-13(18)12(17)5-8/h1-5,7,14,19H,6H2. The largest absolute Gasteiger partial charge is 0.388 e. The van der Waals surface area contributed by atoms with E-state index in [4.69, 9.17) is 23.2 Å². The molecule has 0 aliphatic rings. The molecule has 0 fully saturated rings. The van der Waals surface area contributed by atoms with Crippen LogP contribution in [0.3, 0.4) is 0 Å². The van der Waals surface area contributed by atoms with Gasteiger partial charge in [0.15, 0.2) is 0 Å². The first kappa shape index (κ1) is 14.8. The predicted octanol–water partition coefficient (Wildman–Crippen LogP) is 5.17. The summed E-state index contributed by atoms with van der Waals surface area (Å²) in [5, 5.41) is 10.8. The summed E-state index contributed by atoms with van der Waals surface area (Å²) < 4.78 is 13.8. The molecule has 0 amide bonds. The first-order chi connectivity index (χ1) is 8.97. The second-order valence-electron chi connectivity index (χ2n) is 4.13. The van der Waals surface area contributed by atoms with Crippen LogP contribution < -0.4 is 0 Å². The average Bonchev–Trinajstić information content (AvgIpc) is 2.33. The molecule has 2 aromatic rings. The number of aliphatic hydroxyl groups is 1. The lowest BCUT2D eigenvalue weighted by Crippen LogP contribution is -2.03.